The van der Waals surface area contributed by atoms with Gasteiger partial charge >= 0.3 is 0 Å². The fourth-order valence-corrected chi connectivity index (χ4v) is 1.16. The largest absolute Gasteiger partial charge is 0.497 e. The molecule has 1 amide bonds. The van der Waals surface area contributed by atoms with Crippen molar-refractivity contribution in [2.75, 3.05) is 14.2 Å². The first kappa shape index (κ1) is 11.5. The maximum Gasteiger partial charge on any atom is 0.225 e. The van der Waals surface area contributed by atoms with Gasteiger partial charge in [-0.05, 0) is 0 Å². The Kier molecular flexibility index (Phi) is 4.05. The van der Waals surface area contributed by atoms with Gasteiger partial charge in [0.2, 0.25) is 5.91 Å². The fourth-order valence-electron chi connectivity index (χ4n) is 1.16. The minimum absolute atomic E-state index is 0.125. The molecule has 0 aliphatic carbocycles. The Morgan fingerprint density at radius 1 is 1.53 bits per heavy atom. The number of carbonyl (C=O) groups excluding carboxylic acids is 1. The van der Waals surface area contributed by atoms with E-state index in [1.54, 1.807) is 19.2 Å². The molecule has 1 rings (SSSR count). The van der Waals surface area contributed by atoms with Crippen LogP contribution in [0.3, 0.4) is 0 Å². The summed E-state index contributed by atoms with van der Waals surface area (Å²) in [7, 11) is 3.09. The predicted octanol–water partition coefficient (Wildman–Crippen LogP) is -0.129. The van der Waals surface area contributed by atoms with Crippen molar-refractivity contribution in [1.82, 2.24) is 10.3 Å². The number of hydrogen-bond donors (Lipinski definition) is 2. The standard InChI is InChI=1S/C10H14N2O3/c1-11-10(14)5-7-3-9(15-2)4-8(6-13)12-7/h3-4,13H,5-6H2,1-2H3,(H,11,14). The molecule has 82 valence electrons. The smallest absolute Gasteiger partial charge is 0.225 e. The molecule has 2 N–H and O–H groups in total. The van der Waals surface area contributed by atoms with Gasteiger partial charge in [-0.2, -0.15) is 0 Å². The van der Waals surface area contributed by atoms with Crippen LogP contribution in [-0.4, -0.2) is 30.2 Å². The van der Waals surface area contributed by atoms with E-state index in [1.807, 2.05) is 0 Å². The van der Waals surface area contributed by atoms with Crippen molar-refractivity contribution in [2.45, 2.75) is 13.0 Å². The summed E-state index contributed by atoms with van der Waals surface area (Å²) in [6.45, 7) is -0.169. The van der Waals surface area contributed by atoms with Crippen LogP contribution in [0.15, 0.2) is 12.1 Å². The molecule has 0 saturated carbocycles. The topological polar surface area (TPSA) is 71.5 Å². The van der Waals surface area contributed by atoms with E-state index in [0.29, 0.717) is 17.1 Å². The van der Waals surface area contributed by atoms with Gasteiger partial charge in [0, 0.05) is 19.2 Å². The summed E-state index contributed by atoms with van der Waals surface area (Å²) < 4.78 is 5.03. The fraction of sp³-hybridized carbons (Fsp3) is 0.400. The average molecular weight is 210 g/mol. The summed E-state index contributed by atoms with van der Waals surface area (Å²) in [5.41, 5.74) is 1.08. The van der Waals surface area contributed by atoms with E-state index in [9.17, 15) is 4.79 Å². The quantitative estimate of drug-likeness (QED) is 0.726. The van der Waals surface area contributed by atoms with E-state index in [1.165, 1.54) is 7.11 Å². The number of aromatic nitrogens is 1. The second kappa shape index (κ2) is 5.31. The third-order valence-electron chi connectivity index (χ3n) is 1.92. The Morgan fingerprint density at radius 3 is 2.73 bits per heavy atom. The third kappa shape index (κ3) is 3.21. The second-order valence-electron chi connectivity index (χ2n) is 3.00. The summed E-state index contributed by atoms with van der Waals surface area (Å²) in [4.78, 5) is 15.2. The molecule has 0 aliphatic heterocycles. The number of nitrogens with one attached hydrogen (secondary N) is 1. The first-order chi connectivity index (χ1) is 7.19. The van der Waals surface area contributed by atoms with Crippen LogP contribution in [0.4, 0.5) is 0 Å². The van der Waals surface area contributed by atoms with Gasteiger partial charge in [-0.1, -0.05) is 0 Å². The van der Waals surface area contributed by atoms with Crippen LogP contribution in [0.5, 0.6) is 5.75 Å². The molecule has 1 aromatic rings. The van der Waals surface area contributed by atoms with Crippen molar-refractivity contribution >= 4 is 5.91 Å². The molecule has 5 nitrogen and oxygen atoms in total. The maximum atomic E-state index is 11.1. The van der Waals surface area contributed by atoms with Gasteiger partial charge in [0.1, 0.15) is 5.75 Å². The molecule has 0 radical (unpaired) electrons. The second-order valence-corrected chi connectivity index (χ2v) is 3.00. The van der Waals surface area contributed by atoms with Gasteiger partial charge in [0.15, 0.2) is 0 Å². The van der Waals surface area contributed by atoms with Crippen LogP contribution in [0.25, 0.3) is 0 Å². The van der Waals surface area contributed by atoms with Crippen molar-refractivity contribution in [3.8, 4) is 5.75 Å². The first-order valence-corrected chi connectivity index (χ1v) is 4.55. The number of hydrogen-bond acceptors (Lipinski definition) is 4. The van der Waals surface area contributed by atoms with Crippen LogP contribution in [0, 0.1) is 0 Å². The summed E-state index contributed by atoms with van der Waals surface area (Å²) in [5.74, 6) is 0.465. The average Bonchev–Trinajstić information content (AvgIpc) is 2.28. The Morgan fingerprint density at radius 2 is 2.20 bits per heavy atom. The molecule has 0 fully saturated rings. The number of methoxy groups -OCH3 is 1. The summed E-state index contributed by atoms with van der Waals surface area (Å²) in [5, 5.41) is 11.5. The number of likely N-dealkylation sites (N-methyl/N-ethyl adjacent to an activating group) is 1. The molecule has 5 heteroatoms. The normalized spacial score (nSPS) is 9.80. The molecular weight excluding hydrogens is 196 g/mol. The molecule has 1 aromatic heterocycles. The van der Waals surface area contributed by atoms with Crippen LogP contribution >= 0.6 is 0 Å². The van der Waals surface area contributed by atoms with E-state index in [4.69, 9.17) is 9.84 Å². The first-order valence-electron chi connectivity index (χ1n) is 4.55. The number of rotatable bonds is 4. The number of carbonyl (C=O) groups is 1. The van der Waals surface area contributed by atoms with Crippen molar-refractivity contribution in [3.05, 3.63) is 23.5 Å². The summed E-state index contributed by atoms with van der Waals surface area (Å²) in [6, 6.07) is 3.31. The molecule has 0 spiro atoms. The lowest BCUT2D eigenvalue weighted by Crippen LogP contribution is -2.20. The molecule has 0 atom stereocenters. The predicted molar refractivity (Wildman–Crippen MR) is 54.5 cm³/mol. The zero-order chi connectivity index (χ0) is 11.3. The molecule has 0 bridgehead atoms. The maximum absolute atomic E-state index is 11.1. The number of amides is 1. The number of aliphatic hydroxyl groups excluding tert-OH is 1. The van der Waals surface area contributed by atoms with Crippen LogP contribution in [0.1, 0.15) is 11.4 Å². The Labute approximate surface area is 88.1 Å². The number of pyridine rings is 1. The van der Waals surface area contributed by atoms with Gasteiger partial charge in [0.25, 0.3) is 0 Å². The third-order valence-corrected chi connectivity index (χ3v) is 1.92. The zero-order valence-corrected chi connectivity index (χ0v) is 8.78. The summed E-state index contributed by atoms with van der Waals surface area (Å²) >= 11 is 0. The highest BCUT2D eigenvalue weighted by Gasteiger charge is 2.06. The van der Waals surface area contributed by atoms with Gasteiger partial charge in [-0.25, -0.2) is 0 Å². The lowest BCUT2D eigenvalue weighted by Gasteiger charge is -2.06. The van der Waals surface area contributed by atoms with Crippen molar-refractivity contribution in [1.29, 1.82) is 0 Å². The SMILES string of the molecule is CNC(=O)Cc1cc(OC)cc(CO)n1. The summed E-state index contributed by atoms with van der Waals surface area (Å²) in [6.07, 6.45) is 0.181. The van der Waals surface area contributed by atoms with E-state index in [0.717, 1.165) is 0 Å². The monoisotopic (exact) mass is 210 g/mol. The highest BCUT2D eigenvalue weighted by molar-refractivity contribution is 5.77. The molecule has 0 saturated heterocycles. The Bertz CT molecular complexity index is 330. The Hall–Kier alpha value is -1.62. The highest BCUT2D eigenvalue weighted by Crippen LogP contribution is 2.14. The van der Waals surface area contributed by atoms with Gasteiger partial charge in [-0.3, -0.25) is 9.78 Å². The van der Waals surface area contributed by atoms with Crippen LogP contribution in [-0.2, 0) is 17.8 Å². The van der Waals surface area contributed by atoms with E-state index < -0.39 is 0 Å². The van der Waals surface area contributed by atoms with Gasteiger partial charge in [0.05, 0.1) is 31.5 Å². The molecule has 0 unspecified atom stereocenters. The lowest BCUT2D eigenvalue weighted by molar-refractivity contribution is -0.120. The minimum Gasteiger partial charge on any atom is -0.497 e. The molecule has 0 aromatic carbocycles. The molecule has 15 heavy (non-hydrogen) atoms. The number of ether oxygens (including phenoxy) is 1. The molecule has 0 aliphatic rings. The zero-order valence-electron chi connectivity index (χ0n) is 8.78. The molecular formula is C10H14N2O3. The highest BCUT2D eigenvalue weighted by atomic mass is 16.5. The Balaban J connectivity index is 2.91. The van der Waals surface area contributed by atoms with Crippen molar-refractivity contribution in [3.63, 3.8) is 0 Å². The van der Waals surface area contributed by atoms with Crippen LogP contribution < -0.4 is 10.1 Å². The van der Waals surface area contributed by atoms with E-state index in [2.05, 4.69) is 10.3 Å². The lowest BCUT2D eigenvalue weighted by atomic mass is 10.2. The molecule has 1 heterocycles. The van der Waals surface area contributed by atoms with Crippen molar-refractivity contribution < 1.29 is 14.6 Å². The van der Waals surface area contributed by atoms with E-state index in [-0.39, 0.29) is 18.9 Å². The minimum atomic E-state index is -0.169. The van der Waals surface area contributed by atoms with Gasteiger partial charge < -0.3 is 15.2 Å². The van der Waals surface area contributed by atoms with Gasteiger partial charge in [-0.15, -0.1) is 0 Å². The number of nitrogens with zero attached hydrogens (tertiary/aromatic N) is 1. The van der Waals surface area contributed by atoms with E-state index >= 15 is 0 Å². The number of aliphatic hydroxyl groups is 1. The van der Waals surface area contributed by atoms with Crippen LogP contribution in [0.2, 0.25) is 0 Å². The van der Waals surface area contributed by atoms with Crippen molar-refractivity contribution in [2.24, 2.45) is 0 Å².